The highest BCUT2D eigenvalue weighted by atomic mass is 127. The van der Waals surface area contributed by atoms with Crippen LogP contribution in [-0.2, 0) is 13.1 Å². The van der Waals surface area contributed by atoms with Gasteiger partial charge in [-0.1, -0.05) is 31.2 Å². The van der Waals surface area contributed by atoms with Crippen molar-refractivity contribution < 1.29 is 0 Å². The van der Waals surface area contributed by atoms with E-state index in [1.54, 1.807) is 0 Å². The Morgan fingerprint density at radius 1 is 1.11 bits per heavy atom. The van der Waals surface area contributed by atoms with Crippen molar-refractivity contribution in [3.05, 3.63) is 35.4 Å². The fraction of sp³-hybridized carbons (Fsp3) is 0.667. The molecule has 0 aromatic heterocycles. The normalized spacial score (nSPS) is 21.4. The highest BCUT2D eigenvalue weighted by Gasteiger charge is 2.17. The maximum Gasteiger partial charge on any atom is 0.191 e. The largest absolute Gasteiger partial charge is 0.355 e. The highest BCUT2D eigenvalue weighted by molar-refractivity contribution is 14.0. The summed E-state index contributed by atoms with van der Waals surface area (Å²) in [5, 5.41) is 7.74. The second kappa shape index (κ2) is 12.9. The molecule has 0 spiro atoms. The number of benzene rings is 1. The van der Waals surface area contributed by atoms with E-state index >= 15 is 0 Å². The number of nitrogens with zero attached hydrogens (tertiary/aromatic N) is 3. The van der Waals surface area contributed by atoms with E-state index in [-0.39, 0.29) is 24.0 Å². The number of likely N-dealkylation sites (N-methyl/N-ethyl adjacent to an activating group) is 1. The molecular weight excluding hydrogens is 481 g/mol. The number of guanidine groups is 1. The topological polar surface area (TPSA) is 42.9 Å². The summed E-state index contributed by atoms with van der Waals surface area (Å²) in [6, 6.07) is 8.81. The van der Waals surface area contributed by atoms with E-state index in [4.69, 9.17) is 0 Å². The SMILES string of the molecule is CCN1CCN(Cc2ccccc2CNC(=NC)NCC2CCCS2)CC1.I. The van der Waals surface area contributed by atoms with Gasteiger partial charge in [0.05, 0.1) is 0 Å². The van der Waals surface area contributed by atoms with Gasteiger partial charge in [0.1, 0.15) is 0 Å². The average molecular weight is 518 g/mol. The van der Waals surface area contributed by atoms with Gasteiger partial charge in [-0.3, -0.25) is 9.89 Å². The standard InChI is InChI=1S/C21H35N5S.HI/c1-3-25-10-12-26(13-11-25)17-19-8-5-4-7-18(19)15-23-21(22-2)24-16-20-9-6-14-27-20;/h4-5,7-8,20H,3,6,9-17H2,1-2H3,(H2,22,23,24);1H. The van der Waals surface area contributed by atoms with Gasteiger partial charge in [-0.15, -0.1) is 24.0 Å². The molecule has 7 heteroatoms. The maximum atomic E-state index is 4.40. The minimum absolute atomic E-state index is 0. The van der Waals surface area contributed by atoms with Gasteiger partial charge in [-0.25, -0.2) is 0 Å². The van der Waals surface area contributed by atoms with Crippen molar-refractivity contribution >= 4 is 41.7 Å². The van der Waals surface area contributed by atoms with Crippen LogP contribution in [0, 0.1) is 0 Å². The number of thioether (sulfide) groups is 1. The van der Waals surface area contributed by atoms with E-state index in [0.29, 0.717) is 0 Å². The minimum atomic E-state index is 0. The van der Waals surface area contributed by atoms with Gasteiger partial charge in [0, 0.05) is 58.1 Å². The molecule has 0 bridgehead atoms. The highest BCUT2D eigenvalue weighted by Crippen LogP contribution is 2.25. The van der Waals surface area contributed by atoms with Crippen LogP contribution in [-0.4, -0.2) is 73.1 Å². The van der Waals surface area contributed by atoms with E-state index in [0.717, 1.165) is 43.9 Å². The number of hydrogen-bond acceptors (Lipinski definition) is 4. The molecule has 28 heavy (non-hydrogen) atoms. The van der Waals surface area contributed by atoms with Gasteiger partial charge in [0.2, 0.25) is 0 Å². The van der Waals surface area contributed by atoms with Gasteiger partial charge in [0.15, 0.2) is 5.96 Å². The lowest BCUT2D eigenvalue weighted by atomic mass is 10.1. The van der Waals surface area contributed by atoms with E-state index < -0.39 is 0 Å². The lowest BCUT2D eigenvalue weighted by molar-refractivity contribution is 0.131. The van der Waals surface area contributed by atoms with Crippen LogP contribution in [0.3, 0.4) is 0 Å². The zero-order valence-corrected chi connectivity index (χ0v) is 20.5. The van der Waals surface area contributed by atoms with E-state index in [2.05, 4.69) is 68.4 Å². The molecule has 2 saturated heterocycles. The Bertz CT molecular complexity index is 598. The van der Waals surface area contributed by atoms with E-state index in [9.17, 15) is 0 Å². The van der Waals surface area contributed by atoms with Crippen molar-refractivity contribution in [3.63, 3.8) is 0 Å². The van der Waals surface area contributed by atoms with Gasteiger partial charge in [0.25, 0.3) is 0 Å². The molecule has 2 aliphatic heterocycles. The quantitative estimate of drug-likeness (QED) is 0.331. The first-order valence-electron chi connectivity index (χ1n) is 10.4. The minimum Gasteiger partial charge on any atom is -0.355 e. The van der Waals surface area contributed by atoms with Crippen LogP contribution in [0.15, 0.2) is 29.3 Å². The molecule has 1 atom stereocenters. The summed E-state index contributed by atoms with van der Waals surface area (Å²) in [5.41, 5.74) is 2.80. The second-order valence-corrected chi connectivity index (χ2v) is 8.83. The lowest BCUT2D eigenvalue weighted by Crippen LogP contribution is -2.45. The Balaban J connectivity index is 0.00000280. The first-order valence-corrected chi connectivity index (χ1v) is 11.4. The van der Waals surface area contributed by atoms with Gasteiger partial charge in [-0.05, 0) is 36.3 Å². The number of piperazine rings is 1. The van der Waals surface area contributed by atoms with Gasteiger partial charge in [-0.2, -0.15) is 11.8 Å². The molecule has 1 unspecified atom stereocenters. The molecule has 0 saturated carbocycles. The summed E-state index contributed by atoms with van der Waals surface area (Å²) in [7, 11) is 1.86. The number of rotatable bonds is 7. The number of hydrogen-bond donors (Lipinski definition) is 2. The molecule has 3 rings (SSSR count). The molecule has 2 fully saturated rings. The molecule has 2 heterocycles. The summed E-state index contributed by atoms with van der Waals surface area (Å²) in [5.74, 6) is 2.21. The molecule has 5 nitrogen and oxygen atoms in total. The van der Waals surface area contributed by atoms with E-state index in [1.165, 1.54) is 49.4 Å². The summed E-state index contributed by atoms with van der Waals surface area (Å²) in [6.45, 7) is 11.0. The first kappa shape index (κ1) is 23.8. The third kappa shape index (κ3) is 7.39. The Morgan fingerprint density at radius 2 is 1.82 bits per heavy atom. The Hall–Kier alpha value is -0.510. The van der Waals surface area contributed by atoms with Crippen molar-refractivity contribution in [2.45, 2.75) is 38.1 Å². The van der Waals surface area contributed by atoms with Crippen LogP contribution in [0.4, 0.5) is 0 Å². The predicted octanol–water partition coefficient (Wildman–Crippen LogP) is 3.00. The zero-order chi connectivity index (χ0) is 18.9. The van der Waals surface area contributed by atoms with Crippen LogP contribution >= 0.6 is 35.7 Å². The first-order chi connectivity index (χ1) is 13.3. The van der Waals surface area contributed by atoms with Crippen LogP contribution < -0.4 is 10.6 Å². The monoisotopic (exact) mass is 517 g/mol. The second-order valence-electron chi connectivity index (χ2n) is 7.42. The number of nitrogens with one attached hydrogen (secondary N) is 2. The number of halogens is 1. The summed E-state index contributed by atoms with van der Waals surface area (Å²) in [4.78, 5) is 9.51. The lowest BCUT2D eigenvalue weighted by Gasteiger charge is -2.34. The van der Waals surface area contributed by atoms with Gasteiger partial charge >= 0.3 is 0 Å². The molecule has 1 aromatic carbocycles. The zero-order valence-electron chi connectivity index (χ0n) is 17.3. The molecule has 2 aliphatic rings. The molecule has 0 radical (unpaired) electrons. The Morgan fingerprint density at radius 3 is 2.46 bits per heavy atom. The van der Waals surface area contributed by atoms with Crippen LogP contribution in [0.2, 0.25) is 0 Å². The summed E-state index contributed by atoms with van der Waals surface area (Å²) in [6.07, 6.45) is 2.67. The molecule has 2 N–H and O–H groups in total. The smallest absolute Gasteiger partial charge is 0.191 e. The van der Waals surface area contributed by atoms with Crippen LogP contribution in [0.5, 0.6) is 0 Å². The third-order valence-electron chi connectivity index (χ3n) is 5.62. The maximum absolute atomic E-state index is 4.40. The average Bonchev–Trinajstić information content (AvgIpc) is 3.23. The molecule has 158 valence electrons. The third-order valence-corrected chi connectivity index (χ3v) is 7.01. The fourth-order valence-corrected chi connectivity index (χ4v) is 5.01. The molecular formula is C21H36IN5S. The Labute approximate surface area is 192 Å². The van der Waals surface area contributed by atoms with Gasteiger partial charge < -0.3 is 15.5 Å². The molecule has 0 aliphatic carbocycles. The summed E-state index contributed by atoms with van der Waals surface area (Å²) < 4.78 is 0. The van der Waals surface area contributed by atoms with Crippen molar-refractivity contribution in [2.24, 2.45) is 4.99 Å². The molecule has 0 amide bonds. The predicted molar refractivity (Wildman–Crippen MR) is 133 cm³/mol. The fourth-order valence-electron chi connectivity index (χ4n) is 3.80. The molecule has 1 aromatic rings. The van der Waals surface area contributed by atoms with Crippen LogP contribution in [0.25, 0.3) is 0 Å². The van der Waals surface area contributed by atoms with Crippen molar-refractivity contribution in [1.29, 1.82) is 0 Å². The van der Waals surface area contributed by atoms with Crippen LogP contribution in [0.1, 0.15) is 30.9 Å². The Kier molecular flexibility index (Phi) is 11.0. The van der Waals surface area contributed by atoms with Crippen molar-refractivity contribution in [2.75, 3.05) is 52.1 Å². The van der Waals surface area contributed by atoms with Crippen molar-refractivity contribution in [1.82, 2.24) is 20.4 Å². The summed E-state index contributed by atoms with van der Waals surface area (Å²) >= 11 is 2.08. The number of aliphatic imine (C=N–C) groups is 1. The van der Waals surface area contributed by atoms with E-state index in [1.807, 2.05) is 7.05 Å². The van der Waals surface area contributed by atoms with Crippen molar-refractivity contribution in [3.8, 4) is 0 Å².